The van der Waals surface area contributed by atoms with Crippen molar-refractivity contribution in [2.45, 2.75) is 6.92 Å². The van der Waals surface area contributed by atoms with Crippen molar-refractivity contribution in [2.75, 3.05) is 0 Å². The third-order valence-corrected chi connectivity index (χ3v) is 3.17. The zero-order valence-corrected chi connectivity index (χ0v) is 12.0. The third kappa shape index (κ3) is 2.83. The predicted octanol–water partition coefficient (Wildman–Crippen LogP) is 2.50. The molecule has 5 heteroatoms. The van der Waals surface area contributed by atoms with Crippen molar-refractivity contribution in [3.63, 3.8) is 0 Å². The fourth-order valence-electron chi connectivity index (χ4n) is 2.03. The van der Waals surface area contributed by atoms with E-state index in [2.05, 4.69) is 15.3 Å². The molecule has 0 N–H and O–H groups in total. The van der Waals surface area contributed by atoms with Gasteiger partial charge in [0.25, 0.3) is 0 Å². The summed E-state index contributed by atoms with van der Waals surface area (Å²) >= 11 is 0. The first kappa shape index (κ1) is 13.9. The molecular weight excluding hydrogens is 276 g/mol. The topological polar surface area (TPSA) is 60.1 Å². The van der Waals surface area contributed by atoms with Crippen molar-refractivity contribution in [2.24, 2.45) is 5.10 Å². The van der Waals surface area contributed by atoms with Gasteiger partial charge >= 0.3 is 5.56 Å². The van der Waals surface area contributed by atoms with Crippen LogP contribution in [0.15, 0.2) is 70.6 Å². The molecule has 22 heavy (non-hydrogen) atoms. The summed E-state index contributed by atoms with van der Waals surface area (Å²) in [5.74, 6) is 0.442. The number of hydrogen-bond acceptors (Lipinski definition) is 4. The number of rotatable bonds is 3. The number of aromatic nitrogens is 3. The van der Waals surface area contributed by atoms with E-state index < -0.39 is 0 Å². The molecule has 3 rings (SSSR count). The fourth-order valence-corrected chi connectivity index (χ4v) is 2.03. The monoisotopic (exact) mass is 290 g/mol. The van der Waals surface area contributed by atoms with Gasteiger partial charge in [-0.3, -0.25) is 4.79 Å². The summed E-state index contributed by atoms with van der Waals surface area (Å²) < 4.78 is 1.27. The standard InChI is InChI=1S/C17H14N4O/c1-13-19-20-16(15-10-6-3-7-11-15)17(22)21(13)18-12-14-8-4-2-5-9-14/h2-12H,1H3/b18-12+. The first-order valence-corrected chi connectivity index (χ1v) is 6.87. The quantitative estimate of drug-likeness (QED) is 0.696. The van der Waals surface area contributed by atoms with Crippen LogP contribution in [0.5, 0.6) is 0 Å². The summed E-state index contributed by atoms with van der Waals surface area (Å²) in [6, 6.07) is 18.8. The number of hydrogen-bond donors (Lipinski definition) is 0. The fraction of sp³-hybridized carbons (Fsp3) is 0.0588. The molecule has 0 fully saturated rings. The van der Waals surface area contributed by atoms with E-state index in [-0.39, 0.29) is 11.3 Å². The average Bonchev–Trinajstić information content (AvgIpc) is 2.56. The second-order valence-corrected chi connectivity index (χ2v) is 4.73. The van der Waals surface area contributed by atoms with Crippen molar-refractivity contribution in [3.05, 3.63) is 82.4 Å². The minimum Gasteiger partial charge on any atom is -0.265 e. The van der Waals surface area contributed by atoms with E-state index in [0.29, 0.717) is 5.82 Å². The average molecular weight is 290 g/mol. The summed E-state index contributed by atoms with van der Waals surface area (Å²) in [5, 5.41) is 12.3. The minimum atomic E-state index is -0.286. The Bertz CT molecular complexity index is 855. The van der Waals surface area contributed by atoms with Gasteiger partial charge in [-0.05, 0) is 12.5 Å². The third-order valence-electron chi connectivity index (χ3n) is 3.17. The van der Waals surface area contributed by atoms with E-state index in [4.69, 9.17) is 0 Å². The number of benzene rings is 2. The summed E-state index contributed by atoms with van der Waals surface area (Å²) in [5.41, 5.74) is 1.64. The molecular formula is C17H14N4O. The van der Waals surface area contributed by atoms with Crippen LogP contribution in [0.2, 0.25) is 0 Å². The van der Waals surface area contributed by atoms with Crippen LogP contribution >= 0.6 is 0 Å². The molecule has 0 unspecified atom stereocenters. The lowest BCUT2D eigenvalue weighted by atomic mass is 10.2. The Balaban J connectivity index is 2.05. The smallest absolute Gasteiger partial charge is 0.265 e. The van der Waals surface area contributed by atoms with Gasteiger partial charge in [0, 0.05) is 5.56 Å². The largest absolute Gasteiger partial charge is 0.301 e. The maximum atomic E-state index is 12.6. The van der Waals surface area contributed by atoms with Gasteiger partial charge < -0.3 is 0 Å². The first-order chi connectivity index (χ1) is 10.8. The molecule has 0 aliphatic heterocycles. The zero-order chi connectivity index (χ0) is 15.4. The van der Waals surface area contributed by atoms with Gasteiger partial charge in [0.2, 0.25) is 0 Å². The van der Waals surface area contributed by atoms with E-state index in [1.54, 1.807) is 13.1 Å². The summed E-state index contributed by atoms with van der Waals surface area (Å²) in [6.07, 6.45) is 1.63. The van der Waals surface area contributed by atoms with Crippen LogP contribution in [-0.4, -0.2) is 21.1 Å². The molecule has 0 aliphatic rings. The molecule has 0 saturated carbocycles. The Morgan fingerprint density at radius 1 is 0.955 bits per heavy atom. The highest BCUT2D eigenvalue weighted by Gasteiger charge is 2.10. The van der Waals surface area contributed by atoms with Gasteiger partial charge in [0.1, 0.15) is 0 Å². The normalized spacial score (nSPS) is 11.0. The van der Waals surface area contributed by atoms with Crippen molar-refractivity contribution in [1.82, 2.24) is 14.9 Å². The second-order valence-electron chi connectivity index (χ2n) is 4.73. The molecule has 108 valence electrons. The van der Waals surface area contributed by atoms with Gasteiger partial charge in [-0.2, -0.15) is 9.78 Å². The molecule has 1 heterocycles. The summed E-state index contributed by atoms with van der Waals surface area (Å²) in [7, 11) is 0. The molecule has 0 spiro atoms. The lowest BCUT2D eigenvalue weighted by Gasteiger charge is -2.04. The van der Waals surface area contributed by atoms with E-state index in [0.717, 1.165) is 11.1 Å². The maximum absolute atomic E-state index is 12.6. The maximum Gasteiger partial charge on any atom is 0.301 e. The predicted molar refractivity (Wildman–Crippen MR) is 85.9 cm³/mol. The van der Waals surface area contributed by atoms with Crippen molar-refractivity contribution >= 4 is 6.21 Å². The number of nitrogens with zero attached hydrogens (tertiary/aromatic N) is 4. The van der Waals surface area contributed by atoms with Gasteiger partial charge in [-0.25, -0.2) is 0 Å². The Morgan fingerprint density at radius 2 is 1.59 bits per heavy atom. The molecule has 3 aromatic rings. The highest BCUT2D eigenvalue weighted by molar-refractivity contribution is 5.79. The second kappa shape index (κ2) is 6.13. The van der Waals surface area contributed by atoms with Gasteiger partial charge in [-0.15, -0.1) is 10.2 Å². The molecule has 0 atom stereocenters. The lowest BCUT2D eigenvalue weighted by Crippen LogP contribution is -2.23. The van der Waals surface area contributed by atoms with Crippen molar-refractivity contribution in [1.29, 1.82) is 0 Å². The Kier molecular flexibility index (Phi) is 3.87. The Morgan fingerprint density at radius 3 is 2.27 bits per heavy atom. The van der Waals surface area contributed by atoms with Crippen LogP contribution in [0.4, 0.5) is 0 Å². The zero-order valence-electron chi connectivity index (χ0n) is 12.0. The van der Waals surface area contributed by atoms with E-state index >= 15 is 0 Å². The van der Waals surface area contributed by atoms with Crippen LogP contribution in [-0.2, 0) is 0 Å². The number of aryl methyl sites for hydroxylation is 1. The Hall–Kier alpha value is -3.08. The molecule has 2 aromatic carbocycles. The summed E-state index contributed by atoms with van der Waals surface area (Å²) in [4.78, 5) is 12.6. The molecule has 0 aliphatic carbocycles. The van der Waals surface area contributed by atoms with Crippen LogP contribution in [0.1, 0.15) is 11.4 Å². The van der Waals surface area contributed by atoms with Crippen LogP contribution in [0.3, 0.4) is 0 Å². The molecule has 0 radical (unpaired) electrons. The molecule has 0 saturated heterocycles. The van der Waals surface area contributed by atoms with Gasteiger partial charge in [0.15, 0.2) is 11.5 Å². The van der Waals surface area contributed by atoms with Gasteiger partial charge in [-0.1, -0.05) is 60.7 Å². The van der Waals surface area contributed by atoms with Crippen molar-refractivity contribution < 1.29 is 0 Å². The van der Waals surface area contributed by atoms with Crippen LogP contribution in [0, 0.1) is 6.92 Å². The van der Waals surface area contributed by atoms with Crippen LogP contribution in [0.25, 0.3) is 11.3 Å². The molecule has 5 nitrogen and oxygen atoms in total. The highest BCUT2D eigenvalue weighted by Crippen LogP contribution is 2.11. The Labute approximate surface area is 127 Å². The minimum absolute atomic E-state index is 0.286. The van der Waals surface area contributed by atoms with E-state index in [1.807, 2.05) is 60.7 Å². The first-order valence-electron chi connectivity index (χ1n) is 6.87. The highest BCUT2D eigenvalue weighted by atomic mass is 16.1. The van der Waals surface area contributed by atoms with Crippen LogP contribution < -0.4 is 5.56 Å². The SMILES string of the molecule is Cc1nnc(-c2ccccc2)c(=O)n1/N=C/c1ccccc1. The summed E-state index contributed by atoms with van der Waals surface area (Å²) in [6.45, 7) is 1.70. The molecule has 0 amide bonds. The lowest BCUT2D eigenvalue weighted by molar-refractivity contribution is 0.717. The molecule has 1 aromatic heterocycles. The molecule has 0 bridgehead atoms. The van der Waals surface area contributed by atoms with E-state index in [1.165, 1.54) is 4.68 Å². The van der Waals surface area contributed by atoms with Gasteiger partial charge in [0.05, 0.1) is 6.21 Å². The van der Waals surface area contributed by atoms with E-state index in [9.17, 15) is 4.79 Å². The van der Waals surface area contributed by atoms with Crippen molar-refractivity contribution in [3.8, 4) is 11.3 Å².